The van der Waals surface area contributed by atoms with Crippen LogP contribution in [0.25, 0.3) is 0 Å². The van der Waals surface area contributed by atoms with E-state index in [1.54, 1.807) is 0 Å². The SMILES string of the molecule is CC1(C)C2OCCC2C1(N)C(=O)N1CCCC(CCO)C1. The molecule has 3 aliphatic rings. The van der Waals surface area contributed by atoms with Gasteiger partial charge in [0, 0.05) is 37.6 Å². The maximum atomic E-state index is 13.1. The van der Waals surface area contributed by atoms with Crippen LogP contribution in [0, 0.1) is 17.3 Å². The highest BCUT2D eigenvalue weighted by molar-refractivity contribution is 5.89. The number of nitrogens with two attached hydrogens (primary N) is 1. The van der Waals surface area contributed by atoms with E-state index in [9.17, 15) is 4.79 Å². The van der Waals surface area contributed by atoms with Crippen LogP contribution in [0.15, 0.2) is 0 Å². The van der Waals surface area contributed by atoms with Crippen LogP contribution in [0.2, 0.25) is 0 Å². The highest BCUT2D eigenvalue weighted by Gasteiger charge is 2.71. The molecule has 1 amide bonds. The van der Waals surface area contributed by atoms with Gasteiger partial charge < -0.3 is 20.5 Å². The van der Waals surface area contributed by atoms with Crippen molar-refractivity contribution in [1.29, 1.82) is 0 Å². The Hall–Kier alpha value is -0.650. The van der Waals surface area contributed by atoms with E-state index in [1.807, 2.05) is 4.90 Å². The molecule has 1 aliphatic carbocycles. The fourth-order valence-electron chi connectivity index (χ4n) is 4.75. The first-order chi connectivity index (χ1) is 9.92. The summed E-state index contributed by atoms with van der Waals surface area (Å²) < 4.78 is 5.78. The first-order valence-electron chi connectivity index (χ1n) is 8.23. The number of nitrogens with zero attached hydrogens (tertiary/aromatic N) is 1. The molecule has 4 atom stereocenters. The summed E-state index contributed by atoms with van der Waals surface area (Å²) in [6.07, 6.45) is 3.91. The molecule has 3 rings (SSSR count). The summed E-state index contributed by atoms with van der Waals surface area (Å²) in [6, 6.07) is 0. The van der Waals surface area contributed by atoms with Gasteiger partial charge in [-0.25, -0.2) is 0 Å². The average Bonchev–Trinajstić information content (AvgIpc) is 2.94. The molecule has 0 aromatic heterocycles. The molecular weight excluding hydrogens is 268 g/mol. The largest absolute Gasteiger partial charge is 0.396 e. The number of carbonyl (C=O) groups is 1. The first kappa shape index (κ1) is 15.3. The first-order valence-corrected chi connectivity index (χ1v) is 8.23. The third kappa shape index (κ3) is 2.05. The summed E-state index contributed by atoms with van der Waals surface area (Å²) in [5.41, 5.74) is 5.56. The van der Waals surface area contributed by atoms with Crippen LogP contribution in [0.1, 0.15) is 39.5 Å². The third-order valence-corrected chi connectivity index (χ3v) is 6.15. The Balaban J connectivity index is 1.75. The fraction of sp³-hybridized carbons (Fsp3) is 0.938. The number of piperidine rings is 1. The number of hydrogen-bond donors (Lipinski definition) is 2. The second kappa shape index (κ2) is 5.21. The molecule has 2 aliphatic heterocycles. The predicted molar refractivity (Wildman–Crippen MR) is 79.6 cm³/mol. The molecule has 0 aromatic carbocycles. The highest BCUT2D eigenvalue weighted by Crippen LogP contribution is 2.58. The van der Waals surface area contributed by atoms with Crippen LogP contribution in [0.4, 0.5) is 0 Å². The average molecular weight is 296 g/mol. The summed E-state index contributed by atoms with van der Waals surface area (Å²) in [7, 11) is 0. The van der Waals surface area contributed by atoms with E-state index in [-0.39, 0.29) is 30.0 Å². The van der Waals surface area contributed by atoms with Gasteiger partial charge in [0.2, 0.25) is 5.91 Å². The fourth-order valence-corrected chi connectivity index (χ4v) is 4.75. The van der Waals surface area contributed by atoms with Crippen molar-refractivity contribution in [2.75, 3.05) is 26.3 Å². The predicted octanol–water partition coefficient (Wildman–Crippen LogP) is 0.750. The number of aliphatic hydroxyl groups is 1. The zero-order chi connectivity index (χ0) is 15.3. The molecule has 0 spiro atoms. The van der Waals surface area contributed by atoms with Gasteiger partial charge in [-0.05, 0) is 31.6 Å². The lowest BCUT2D eigenvalue weighted by molar-refractivity contribution is -0.185. The smallest absolute Gasteiger partial charge is 0.243 e. The number of hydrogen-bond acceptors (Lipinski definition) is 4. The Morgan fingerprint density at radius 2 is 2.19 bits per heavy atom. The monoisotopic (exact) mass is 296 g/mol. The summed E-state index contributed by atoms with van der Waals surface area (Å²) in [5.74, 6) is 0.676. The molecule has 2 heterocycles. The van der Waals surface area contributed by atoms with Crippen molar-refractivity contribution in [2.24, 2.45) is 23.0 Å². The molecule has 5 nitrogen and oxygen atoms in total. The van der Waals surface area contributed by atoms with Gasteiger partial charge in [-0.3, -0.25) is 4.79 Å². The third-order valence-electron chi connectivity index (χ3n) is 6.15. The van der Waals surface area contributed by atoms with Gasteiger partial charge in [-0.1, -0.05) is 13.8 Å². The van der Waals surface area contributed by atoms with Crippen molar-refractivity contribution in [3.63, 3.8) is 0 Å². The Bertz CT molecular complexity index is 424. The highest BCUT2D eigenvalue weighted by atomic mass is 16.5. The maximum absolute atomic E-state index is 13.1. The van der Waals surface area contributed by atoms with Gasteiger partial charge in [-0.15, -0.1) is 0 Å². The zero-order valence-electron chi connectivity index (χ0n) is 13.2. The molecule has 0 bridgehead atoms. The quantitative estimate of drug-likeness (QED) is 0.806. The minimum absolute atomic E-state index is 0.0990. The Kier molecular flexibility index (Phi) is 3.79. The van der Waals surface area contributed by atoms with Crippen molar-refractivity contribution in [3.05, 3.63) is 0 Å². The van der Waals surface area contributed by atoms with E-state index >= 15 is 0 Å². The van der Waals surface area contributed by atoms with E-state index < -0.39 is 5.54 Å². The number of carbonyl (C=O) groups excluding carboxylic acids is 1. The number of aliphatic hydroxyl groups excluding tert-OH is 1. The van der Waals surface area contributed by atoms with E-state index in [1.165, 1.54) is 0 Å². The van der Waals surface area contributed by atoms with Crippen LogP contribution in [-0.2, 0) is 9.53 Å². The van der Waals surface area contributed by atoms with Crippen molar-refractivity contribution < 1.29 is 14.6 Å². The van der Waals surface area contributed by atoms with Crippen LogP contribution in [0.3, 0.4) is 0 Å². The Labute approximate surface area is 126 Å². The molecule has 120 valence electrons. The second-order valence-electron chi connectivity index (χ2n) is 7.55. The molecule has 3 fully saturated rings. The van der Waals surface area contributed by atoms with Crippen molar-refractivity contribution in [1.82, 2.24) is 4.90 Å². The summed E-state index contributed by atoms with van der Waals surface area (Å²) in [4.78, 5) is 15.0. The van der Waals surface area contributed by atoms with Gasteiger partial charge in [0.25, 0.3) is 0 Å². The summed E-state index contributed by atoms with van der Waals surface area (Å²) in [5, 5.41) is 9.12. The summed E-state index contributed by atoms with van der Waals surface area (Å²) in [6.45, 7) is 6.59. The van der Waals surface area contributed by atoms with Crippen molar-refractivity contribution in [3.8, 4) is 0 Å². The molecular formula is C16H28N2O3. The zero-order valence-corrected chi connectivity index (χ0v) is 13.2. The van der Waals surface area contributed by atoms with Gasteiger partial charge in [0.05, 0.1) is 6.10 Å². The normalized spacial score (nSPS) is 41.5. The van der Waals surface area contributed by atoms with E-state index in [0.717, 1.165) is 45.4 Å². The molecule has 3 N–H and O–H groups in total. The van der Waals surface area contributed by atoms with E-state index in [0.29, 0.717) is 5.92 Å². The van der Waals surface area contributed by atoms with E-state index in [4.69, 9.17) is 15.6 Å². The Morgan fingerprint density at radius 1 is 1.43 bits per heavy atom. The van der Waals surface area contributed by atoms with Gasteiger partial charge in [0.15, 0.2) is 0 Å². The van der Waals surface area contributed by atoms with Gasteiger partial charge in [0.1, 0.15) is 5.54 Å². The molecule has 4 unspecified atom stereocenters. The molecule has 1 saturated carbocycles. The van der Waals surface area contributed by atoms with Crippen molar-refractivity contribution in [2.45, 2.75) is 51.2 Å². The lowest BCUT2D eigenvalue weighted by Crippen LogP contribution is -2.80. The lowest BCUT2D eigenvalue weighted by Gasteiger charge is -2.62. The molecule has 21 heavy (non-hydrogen) atoms. The molecule has 0 aromatic rings. The maximum Gasteiger partial charge on any atom is 0.243 e. The van der Waals surface area contributed by atoms with Gasteiger partial charge in [-0.2, -0.15) is 0 Å². The van der Waals surface area contributed by atoms with Crippen LogP contribution < -0.4 is 5.73 Å². The Morgan fingerprint density at radius 3 is 2.90 bits per heavy atom. The number of amides is 1. The number of rotatable bonds is 3. The minimum atomic E-state index is -0.782. The lowest BCUT2D eigenvalue weighted by atomic mass is 9.47. The standard InChI is InChI=1S/C16H28N2O3/c1-15(2)13-12(6-9-21-13)16(15,17)14(20)18-7-3-4-11(10-18)5-8-19/h11-13,19H,3-10,17H2,1-2H3. The van der Waals surface area contributed by atoms with Crippen molar-refractivity contribution >= 4 is 5.91 Å². The molecule has 5 heteroatoms. The number of fused-ring (bicyclic) bond motifs is 1. The summed E-state index contributed by atoms with van der Waals surface area (Å²) >= 11 is 0. The van der Waals surface area contributed by atoms with Gasteiger partial charge >= 0.3 is 0 Å². The van der Waals surface area contributed by atoms with Crippen LogP contribution >= 0.6 is 0 Å². The molecule has 2 saturated heterocycles. The number of likely N-dealkylation sites (tertiary alicyclic amines) is 1. The molecule has 0 radical (unpaired) electrons. The van der Waals surface area contributed by atoms with Crippen LogP contribution in [-0.4, -0.2) is 53.9 Å². The van der Waals surface area contributed by atoms with E-state index in [2.05, 4.69) is 13.8 Å². The van der Waals surface area contributed by atoms with Crippen LogP contribution in [0.5, 0.6) is 0 Å². The second-order valence-corrected chi connectivity index (χ2v) is 7.55. The topological polar surface area (TPSA) is 75.8 Å². The minimum Gasteiger partial charge on any atom is -0.396 e. The number of ether oxygens (including phenoxy) is 1.